The van der Waals surface area contributed by atoms with Gasteiger partial charge in [0.05, 0.1) is 7.11 Å². The molecule has 2 rings (SSSR count). The van der Waals surface area contributed by atoms with Crippen LogP contribution in [0.4, 0.5) is 0 Å². The first-order chi connectivity index (χ1) is 12.6. The van der Waals surface area contributed by atoms with Gasteiger partial charge in [-0.1, -0.05) is 13.8 Å². The predicted molar refractivity (Wildman–Crippen MR) is 102 cm³/mol. The molecule has 1 aliphatic heterocycles. The summed E-state index contributed by atoms with van der Waals surface area (Å²) in [5.74, 6) is 0.840. The van der Waals surface area contributed by atoms with E-state index < -0.39 is 0 Å². The number of ether oxygens (including phenoxy) is 1. The van der Waals surface area contributed by atoms with Crippen molar-refractivity contribution < 1.29 is 14.3 Å². The molecule has 0 bridgehead atoms. The van der Waals surface area contributed by atoms with E-state index in [0.717, 1.165) is 44.9 Å². The van der Waals surface area contributed by atoms with E-state index in [1.165, 1.54) is 0 Å². The number of nitrogens with zero attached hydrogens (tertiary/aromatic N) is 3. The first-order valence-corrected chi connectivity index (χ1v) is 9.52. The summed E-state index contributed by atoms with van der Waals surface area (Å²) < 4.78 is 5.14. The molecule has 6 nitrogen and oxygen atoms in total. The van der Waals surface area contributed by atoms with Crippen molar-refractivity contribution in [2.75, 3.05) is 52.9 Å². The van der Waals surface area contributed by atoms with Crippen molar-refractivity contribution in [1.82, 2.24) is 14.7 Å². The number of rotatable bonds is 8. The van der Waals surface area contributed by atoms with Gasteiger partial charge in [0.2, 0.25) is 5.91 Å². The van der Waals surface area contributed by atoms with E-state index in [4.69, 9.17) is 4.74 Å². The zero-order valence-corrected chi connectivity index (χ0v) is 16.2. The third-order valence-electron chi connectivity index (χ3n) is 4.89. The molecule has 144 valence electrons. The number of hydrogen-bond donors (Lipinski definition) is 0. The smallest absolute Gasteiger partial charge is 0.253 e. The van der Waals surface area contributed by atoms with Gasteiger partial charge in [-0.05, 0) is 37.2 Å². The van der Waals surface area contributed by atoms with Gasteiger partial charge in [0.25, 0.3) is 5.91 Å². The van der Waals surface area contributed by atoms with Crippen LogP contribution >= 0.6 is 0 Å². The predicted octanol–water partition coefficient (Wildman–Crippen LogP) is 2.10. The molecule has 0 N–H and O–H groups in total. The maximum atomic E-state index is 12.8. The number of carbonyl (C=O) groups is 2. The summed E-state index contributed by atoms with van der Waals surface area (Å²) in [5.41, 5.74) is 0.628. The zero-order chi connectivity index (χ0) is 18.9. The van der Waals surface area contributed by atoms with Crippen molar-refractivity contribution in [3.63, 3.8) is 0 Å². The molecule has 0 spiro atoms. The van der Waals surface area contributed by atoms with E-state index in [1.807, 2.05) is 11.8 Å². The number of hydrogen-bond acceptors (Lipinski definition) is 4. The fourth-order valence-electron chi connectivity index (χ4n) is 3.20. The molecular formula is C20H31N3O3. The maximum absolute atomic E-state index is 12.8. The van der Waals surface area contributed by atoms with Crippen molar-refractivity contribution in [3.8, 4) is 5.75 Å². The molecule has 2 amide bonds. The largest absolute Gasteiger partial charge is 0.497 e. The van der Waals surface area contributed by atoms with E-state index in [0.29, 0.717) is 25.1 Å². The molecule has 0 aromatic heterocycles. The quantitative estimate of drug-likeness (QED) is 0.712. The van der Waals surface area contributed by atoms with E-state index >= 15 is 0 Å². The van der Waals surface area contributed by atoms with Crippen molar-refractivity contribution in [3.05, 3.63) is 29.8 Å². The number of benzene rings is 1. The SMILES string of the molecule is CCCN(CCC(=O)N1CCN(CC)CC1)C(=O)c1ccc(OC)cc1. The zero-order valence-electron chi connectivity index (χ0n) is 16.2. The van der Waals surface area contributed by atoms with E-state index in [9.17, 15) is 9.59 Å². The van der Waals surface area contributed by atoms with Gasteiger partial charge in [-0.25, -0.2) is 0 Å². The van der Waals surface area contributed by atoms with Crippen LogP contribution < -0.4 is 4.74 Å². The summed E-state index contributed by atoms with van der Waals surface area (Å²) in [7, 11) is 1.60. The van der Waals surface area contributed by atoms with Crippen LogP contribution in [0.1, 0.15) is 37.0 Å². The fourth-order valence-corrected chi connectivity index (χ4v) is 3.20. The Morgan fingerprint density at radius 1 is 1.04 bits per heavy atom. The number of methoxy groups -OCH3 is 1. The average Bonchev–Trinajstić information content (AvgIpc) is 2.70. The van der Waals surface area contributed by atoms with Crippen LogP contribution in [0, 0.1) is 0 Å². The maximum Gasteiger partial charge on any atom is 0.253 e. The Morgan fingerprint density at radius 3 is 2.23 bits per heavy atom. The molecule has 1 aliphatic rings. The number of piperazine rings is 1. The summed E-state index contributed by atoms with van der Waals surface area (Å²) in [5, 5.41) is 0. The average molecular weight is 361 g/mol. The molecule has 1 heterocycles. The summed E-state index contributed by atoms with van der Waals surface area (Å²) in [6.45, 7) is 9.78. The molecule has 0 saturated carbocycles. The Kier molecular flexibility index (Phi) is 7.91. The van der Waals surface area contributed by atoms with Crippen LogP contribution in [0.25, 0.3) is 0 Å². The summed E-state index contributed by atoms with van der Waals surface area (Å²) in [4.78, 5) is 31.3. The van der Waals surface area contributed by atoms with Crippen LogP contribution in [0.2, 0.25) is 0 Å². The summed E-state index contributed by atoms with van der Waals surface area (Å²) in [6, 6.07) is 7.12. The van der Waals surface area contributed by atoms with Gasteiger partial charge in [-0.2, -0.15) is 0 Å². The summed E-state index contributed by atoms with van der Waals surface area (Å²) >= 11 is 0. The van der Waals surface area contributed by atoms with Crippen molar-refractivity contribution in [1.29, 1.82) is 0 Å². The highest BCUT2D eigenvalue weighted by molar-refractivity contribution is 5.94. The summed E-state index contributed by atoms with van der Waals surface area (Å²) in [6.07, 6.45) is 1.25. The number of amides is 2. The van der Waals surface area contributed by atoms with Crippen LogP contribution in [-0.4, -0.2) is 79.4 Å². The Morgan fingerprint density at radius 2 is 1.69 bits per heavy atom. The molecule has 6 heteroatoms. The normalized spacial score (nSPS) is 15.0. The second-order valence-electron chi connectivity index (χ2n) is 6.59. The molecule has 0 radical (unpaired) electrons. The van der Waals surface area contributed by atoms with Gasteiger partial charge in [0.15, 0.2) is 0 Å². The third-order valence-corrected chi connectivity index (χ3v) is 4.89. The Balaban J connectivity index is 1.90. The Hall–Kier alpha value is -2.08. The monoisotopic (exact) mass is 361 g/mol. The van der Waals surface area contributed by atoms with Crippen LogP contribution in [0.3, 0.4) is 0 Å². The van der Waals surface area contributed by atoms with Gasteiger partial charge in [-0.3, -0.25) is 9.59 Å². The van der Waals surface area contributed by atoms with Crippen molar-refractivity contribution in [2.24, 2.45) is 0 Å². The van der Waals surface area contributed by atoms with Gasteiger partial charge in [0.1, 0.15) is 5.75 Å². The highest BCUT2D eigenvalue weighted by Crippen LogP contribution is 2.14. The first-order valence-electron chi connectivity index (χ1n) is 9.52. The van der Waals surface area contributed by atoms with Crippen molar-refractivity contribution in [2.45, 2.75) is 26.7 Å². The standard InChI is InChI=1S/C20H31N3O3/c1-4-11-23(20(25)17-6-8-18(26-3)9-7-17)12-10-19(24)22-15-13-21(5-2)14-16-22/h6-9H,4-5,10-16H2,1-3H3. The number of likely N-dealkylation sites (N-methyl/N-ethyl adjacent to an activating group) is 1. The lowest BCUT2D eigenvalue weighted by Gasteiger charge is -2.34. The lowest BCUT2D eigenvalue weighted by Crippen LogP contribution is -2.49. The minimum absolute atomic E-state index is 0.0295. The molecule has 0 unspecified atom stereocenters. The second-order valence-corrected chi connectivity index (χ2v) is 6.59. The molecule has 1 aromatic carbocycles. The minimum Gasteiger partial charge on any atom is -0.497 e. The molecular weight excluding hydrogens is 330 g/mol. The first kappa shape index (κ1) is 20.2. The van der Waals surface area contributed by atoms with E-state index in [-0.39, 0.29) is 11.8 Å². The molecule has 0 aliphatic carbocycles. The lowest BCUT2D eigenvalue weighted by molar-refractivity contribution is -0.133. The fraction of sp³-hybridized carbons (Fsp3) is 0.600. The lowest BCUT2D eigenvalue weighted by atomic mass is 10.1. The van der Waals surface area contributed by atoms with Gasteiger partial charge >= 0.3 is 0 Å². The number of carbonyl (C=O) groups excluding carboxylic acids is 2. The minimum atomic E-state index is -0.0295. The Bertz CT molecular complexity index is 580. The van der Waals surface area contributed by atoms with E-state index in [2.05, 4.69) is 11.8 Å². The third kappa shape index (κ3) is 5.46. The van der Waals surface area contributed by atoms with Crippen LogP contribution in [-0.2, 0) is 4.79 Å². The van der Waals surface area contributed by atoms with Crippen LogP contribution in [0.5, 0.6) is 5.75 Å². The second kappa shape index (κ2) is 10.2. The Labute approximate surface area is 156 Å². The molecule has 1 fully saturated rings. The van der Waals surface area contributed by atoms with E-state index in [1.54, 1.807) is 36.3 Å². The molecule has 0 atom stereocenters. The topological polar surface area (TPSA) is 53.1 Å². The van der Waals surface area contributed by atoms with Gasteiger partial charge < -0.3 is 19.4 Å². The highest BCUT2D eigenvalue weighted by atomic mass is 16.5. The van der Waals surface area contributed by atoms with Crippen molar-refractivity contribution >= 4 is 11.8 Å². The molecule has 26 heavy (non-hydrogen) atoms. The van der Waals surface area contributed by atoms with Gasteiger partial charge in [-0.15, -0.1) is 0 Å². The molecule has 1 saturated heterocycles. The van der Waals surface area contributed by atoms with Crippen LogP contribution in [0.15, 0.2) is 24.3 Å². The molecule has 1 aromatic rings. The van der Waals surface area contributed by atoms with Gasteiger partial charge in [0, 0.05) is 51.3 Å². The highest BCUT2D eigenvalue weighted by Gasteiger charge is 2.22.